The molecule has 0 amide bonds. The topological polar surface area (TPSA) is 57.8 Å². The number of nitrogens with zero attached hydrogens (tertiary/aromatic N) is 1. The molecular formula is C10H8ClN3O. The Morgan fingerprint density at radius 3 is 2.73 bits per heavy atom. The van der Waals surface area contributed by atoms with Crippen LogP contribution in [0.3, 0.4) is 0 Å². The van der Waals surface area contributed by atoms with Gasteiger partial charge in [-0.25, -0.2) is 5.10 Å². The van der Waals surface area contributed by atoms with Gasteiger partial charge in [0.15, 0.2) is 0 Å². The van der Waals surface area contributed by atoms with Gasteiger partial charge in [-0.1, -0.05) is 29.8 Å². The van der Waals surface area contributed by atoms with Crippen molar-refractivity contribution in [1.82, 2.24) is 10.2 Å². The zero-order valence-electron chi connectivity index (χ0n) is 7.70. The first-order valence-corrected chi connectivity index (χ1v) is 4.70. The smallest absolute Gasteiger partial charge is 0.285 e. The van der Waals surface area contributed by atoms with Crippen molar-refractivity contribution in [2.24, 2.45) is 0 Å². The molecule has 0 aliphatic carbocycles. The fraction of sp³-hybridized carbons (Fsp3) is 0. The van der Waals surface area contributed by atoms with Crippen LogP contribution in [0.25, 0.3) is 0 Å². The Kier molecular flexibility index (Phi) is 2.69. The van der Waals surface area contributed by atoms with Crippen molar-refractivity contribution in [3.63, 3.8) is 0 Å². The van der Waals surface area contributed by atoms with Crippen LogP contribution < -0.4 is 10.9 Å². The van der Waals surface area contributed by atoms with Crippen molar-refractivity contribution in [2.45, 2.75) is 0 Å². The molecular weight excluding hydrogens is 214 g/mol. The summed E-state index contributed by atoms with van der Waals surface area (Å²) in [5.41, 5.74) is 0.941. The third-order valence-electron chi connectivity index (χ3n) is 1.85. The highest BCUT2D eigenvalue weighted by Gasteiger charge is 2.04. The summed E-state index contributed by atoms with van der Waals surface area (Å²) in [7, 11) is 0. The van der Waals surface area contributed by atoms with E-state index in [0.717, 1.165) is 5.69 Å². The van der Waals surface area contributed by atoms with Crippen molar-refractivity contribution < 1.29 is 0 Å². The normalized spacial score (nSPS) is 9.93. The number of hydrogen-bond donors (Lipinski definition) is 2. The molecule has 0 fully saturated rings. The second kappa shape index (κ2) is 4.14. The van der Waals surface area contributed by atoms with Gasteiger partial charge in [0.2, 0.25) is 0 Å². The minimum atomic E-state index is -0.405. The molecule has 1 aromatic carbocycles. The quantitative estimate of drug-likeness (QED) is 0.817. The Hall–Kier alpha value is -1.81. The maximum absolute atomic E-state index is 11.1. The van der Waals surface area contributed by atoms with E-state index >= 15 is 0 Å². The number of rotatable bonds is 2. The molecule has 0 bridgehead atoms. The first-order chi connectivity index (χ1) is 7.27. The van der Waals surface area contributed by atoms with Crippen LogP contribution in [0.5, 0.6) is 0 Å². The van der Waals surface area contributed by atoms with Crippen molar-refractivity contribution in [2.75, 3.05) is 5.32 Å². The Bertz CT molecular complexity index is 510. The minimum Gasteiger partial charge on any atom is -0.353 e. The van der Waals surface area contributed by atoms with Gasteiger partial charge in [-0.2, -0.15) is 5.10 Å². The second-order valence-corrected chi connectivity index (χ2v) is 3.30. The summed E-state index contributed by atoms with van der Waals surface area (Å²) < 4.78 is 0. The number of nitrogens with one attached hydrogen (secondary N) is 2. The molecule has 1 heterocycles. The molecule has 0 saturated heterocycles. The summed E-state index contributed by atoms with van der Waals surface area (Å²) >= 11 is 5.80. The van der Waals surface area contributed by atoms with Crippen LogP contribution in [0.15, 0.2) is 41.3 Å². The lowest BCUT2D eigenvalue weighted by Gasteiger charge is -2.05. The van der Waals surface area contributed by atoms with Crippen LogP contribution in [0.4, 0.5) is 11.4 Å². The lowest BCUT2D eigenvalue weighted by Crippen LogP contribution is -2.10. The molecule has 0 unspecified atom stereocenters. The van der Waals surface area contributed by atoms with Gasteiger partial charge in [-0.15, -0.1) is 0 Å². The highest BCUT2D eigenvalue weighted by Crippen LogP contribution is 2.19. The zero-order chi connectivity index (χ0) is 10.7. The SMILES string of the molecule is O=c1[nH]ncc(Nc2ccccc2)c1Cl. The summed E-state index contributed by atoms with van der Waals surface area (Å²) in [6, 6.07) is 9.42. The molecule has 2 aromatic rings. The number of benzene rings is 1. The molecule has 2 N–H and O–H groups in total. The van der Waals surface area contributed by atoms with Gasteiger partial charge in [-0.05, 0) is 12.1 Å². The molecule has 0 radical (unpaired) electrons. The van der Waals surface area contributed by atoms with Gasteiger partial charge in [0, 0.05) is 5.69 Å². The van der Waals surface area contributed by atoms with Crippen molar-refractivity contribution >= 4 is 23.0 Å². The minimum absolute atomic E-state index is 0.105. The van der Waals surface area contributed by atoms with E-state index in [2.05, 4.69) is 15.5 Å². The van der Waals surface area contributed by atoms with Gasteiger partial charge in [0.1, 0.15) is 5.02 Å². The predicted molar refractivity (Wildman–Crippen MR) is 59.6 cm³/mol. The maximum Gasteiger partial charge on any atom is 0.285 e. The van der Waals surface area contributed by atoms with Crippen molar-refractivity contribution in [3.8, 4) is 0 Å². The standard InChI is InChI=1S/C10H8ClN3O/c11-9-8(6-12-14-10(9)15)13-7-4-2-1-3-5-7/h1-6H,(H2,13,14,15). The van der Waals surface area contributed by atoms with E-state index in [4.69, 9.17) is 11.6 Å². The average molecular weight is 222 g/mol. The number of hydrogen-bond acceptors (Lipinski definition) is 3. The average Bonchev–Trinajstić information content (AvgIpc) is 2.26. The largest absolute Gasteiger partial charge is 0.353 e. The molecule has 0 aliphatic heterocycles. The summed E-state index contributed by atoms with van der Waals surface area (Å²) in [5, 5.41) is 9.01. The molecule has 15 heavy (non-hydrogen) atoms. The van der Waals surface area contributed by atoms with Crippen LogP contribution >= 0.6 is 11.6 Å². The van der Waals surface area contributed by atoms with Gasteiger partial charge >= 0.3 is 0 Å². The Morgan fingerprint density at radius 1 is 1.27 bits per heavy atom. The molecule has 0 aliphatic rings. The molecule has 0 saturated carbocycles. The van der Waals surface area contributed by atoms with E-state index in [-0.39, 0.29) is 5.02 Å². The number of H-pyrrole nitrogens is 1. The number of aromatic amines is 1. The molecule has 1 aromatic heterocycles. The molecule has 4 nitrogen and oxygen atoms in total. The van der Waals surface area contributed by atoms with Gasteiger partial charge in [0.25, 0.3) is 5.56 Å². The van der Waals surface area contributed by atoms with E-state index in [1.807, 2.05) is 30.3 Å². The van der Waals surface area contributed by atoms with Gasteiger partial charge in [0.05, 0.1) is 11.9 Å². The monoisotopic (exact) mass is 221 g/mol. The fourth-order valence-electron chi connectivity index (χ4n) is 1.15. The molecule has 2 rings (SSSR count). The highest BCUT2D eigenvalue weighted by molar-refractivity contribution is 6.33. The molecule has 76 valence electrons. The maximum atomic E-state index is 11.1. The molecule has 5 heteroatoms. The Morgan fingerprint density at radius 2 is 2.00 bits per heavy atom. The Labute approximate surface area is 90.9 Å². The van der Waals surface area contributed by atoms with Crippen LogP contribution in [0, 0.1) is 0 Å². The van der Waals surface area contributed by atoms with E-state index in [1.165, 1.54) is 6.20 Å². The van der Waals surface area contributed by atoms with Crippen molar-refractivity contribution in [1.29, 1.82) is 0 Å². The van der Waals surface area contributed by atoms with E-state index < -0.39 is 5.56 Å². The third-order valence-corrected chi connectivity index (χ3v) is 2.22. The summed E-state index contributed by atoms with van der Waals surface area (Å²) in [4.78, 5) is 11.1. The number of halogens is 1. The second-order valence-electron chi connectivity index (χ2n) is 2.92. The Balaban J connectivity index is 2.33. The fourth-order valence-corrected chi connectivity index (χ4v) is 1.29. The molecule has 0 spiro atoms. The summed E-state index contributed by atoms with van der Waals surface area (Å²) in [6.45, 7) is 0. The number of para-hydroxylation sites is 1. The van der Waals surface area contributed by atoms with E-state index in [1.54, 1.807) is 0 Å². The predicted octanol–water partition coefficient (Wildman–Crippen LogP) is 2.17. The lowest BCUT2D eigenvalue weighted by atomic mass is 10.3. The summed E-state index contributed by atoms with van der Waals surface area (Å²) in [6.07, 6.45) is 1.47. The van der Waals surface area contributed by atoms with E-state index in [9.17, 15) is 4.79 Å². The highest BCUT2D eigenvalue weighted by atomic mass is 35.5. The van der Waals surface area contributed by atoms with Crippen LogP contribution in [0.1, 0.15) is 0 Å². The van der Waals surface area contributed by atoms with Crippen LogP contribution in [-0.4, -0.2) is 10.2 Å². The first-order valence-electron chi connectivity index (χ1n) is 4.32. The van der Waals surface area contributed by atoms with Crippen molar-refractivity contribution in [3.05, 3.63) is 51.9 Å². The lowest BCUT2D eigenvalue weighted by molar-refractivity contribution is 0.991. The van der Waals surface area contributed by atoms with Gasteiger partial charge in [-0.3, -0.25) is 4.79 Å². The zero-order valence-corrected chi connectivity index (χ0v) is 8.45. The molecule has 0 atom stereocenters. The third kappa shape index (κ3) is 2.16. The van der Waals surface area contributed by atoms with Crippen LogP contribution in [-0.2, 0) is 0 Å². The van der Waals surface area contributed by atoms with Crippen LogP contribution in [0.2, 0.25) is 5.02 Å². The number of anilines is 2. The number of aromatic nitrogens is 2. The summed E-state index contributed by atoms with van der Waals surface area (Å²) in [5.74, 6) is 0. The van der Waals surface area contributed by atoms with E-state index in [0.29, 0.717) is 5.69 Å². The van der Waals surface area contributed by atoms with Gasteiger partial charge < -0.3 is 5.32 Å². The first kappa shape index (κ1) is 9.73.